The number of hydrogen-bond acceptors (Lipinski definition) is 6. The summed E-state index contributed by atoms with van der Waals surface area (Å²) < 4.78 is 10.2. The summed E-state index contributed by atoms with van der Waals surface area (Å²) in [5.74, 6) is -0.938. The minimum Gasteiger partial charge on any atom is -0.483 e. The number of para-hydroxylation sites is 1. The molecule has 0 spiro atoms. The third-order valence-electron chi connectivity index (χ3n) is 3.84. The molecule has 2 amide bonds. The van der Waals surface area contributed by atoms with E-state index in [-0.39, 0.29) is 22.8 Å². The molecular formula is C20H21N3O5S. The van der Waals surface area contributed by atoms with E-state index in [0.717, 1.165) is 11.1 Å². The number of benzene rings is 2. The predicted octanol–water partition coefficient (Wildman–Crippen LogP) is 1.80. The second-order valence-electron chi connectivity index (χ2n) is 6.04. The van der Waals surface area contributed by atoms with Crippen LogP contribution >= 0.6 is 12.2 Å². The molecule has 0 atom stereocenters. The van der Waals surface area contributed by atoms with Crippen molar-refractivity contribution in [3.8, 4) is 5.75 Å². The van der Waals surface area contributed by atoms with Gasteiger partial charge in [-0.15, -0.1) is 0 Å². The maximum Gasteiger partial charge on any atom is 0.337 e. The minimum absolute atomic E-state index is 0.112. The van der Waals surface area contributed by atoms with Gasteiger partial charge in [-0.05, 0) is 55.4 Å². The summed E-state index contributed by atoms with van der Waals surface area (Å²) in [5, 5.41) is 2.29. The van der Waals surface area contributed by atoms with Crippen molar-refractivity contribution < 1.29 is 23.9 Å². The molecule has 2 rings (SSSR count). The molecular weight excluding hydrogens is 394 g/mol. The van der Waals surface area contributed by atoms with Crippen LogP contribution in [0.5, 0.6) is 5.75 Å². The summed E-state index contributed by atoms with van der Waals surface area (Å²) in [6.07, 6.45) is 0. The van der Waals surface area contributed by atoms with Crippen molar-refractivity contribution in [1.82, 2.24) is 16.2 Å². The van der Waals surface area contributed by atoms with Crippen molar-refractivity contribution in [2.45, 2.75) is 13.8 Å². The molecule has 0 aliphatic rings. The van der Waals surface area contributed by atoms with Crippen molar-refractivity contribution in [3.63, 3.8) is 0 Å². The standard InChI is InChI=1S/C20H21N3O5S/c1-12-6-4-7-13(2)17(12)28-11-16(24)22-23-20(29)21-18(25)14-8-5-9-15(10-14)19(26)27-3/h4-10H,11H2,1-3H3,(H,22,24)(H2,21,23,25,29). The Bertz CT molecular complexity index is 925. The number of hydrogen-bond donors (Lipinski definition) is 3. The summed E-state index contributed by atoms with van der Waals surface area (Å²) in [4.78, 5) is 35.7. The van der Waals surface area contributed by atoms with E-state index in [2.05, 4.69) is 20.9 Å². The Balaban J connectivity index is 1.82. The molecule has 9 heteroatoms. The number of methoxy groups -OCH3 is 1. The number of carbonyl (C=O) groups is 3. The van der Waals surface area contributed by atoms with Gasteiger partial charge >= 0.3 is 5.97 Å². The molecule has 2 aromatic rings. The van der Waals surface area contributed by atoms with Crippen LogP contribution < -0.4 is 20.9 Å². The quantitative estimate of drug-likeness (QED) is 0.388. The Morgan fingerprint density at radius 1 is 0.966 bits per heavy atom. The minimum atomic E-state index is -0.559. The van der Waals surface area contributed by atoms with Gasteiger partial charge in [0, 0.05) is 5.56 Å². The number of thiocarbonyl (C=S) groups is 1. The van der Waals surface area contributed by atoms with Gasteiger partial charge in [-0.3, -0.25) is 25.8 Å². The van der Waals surface area contributed by atoms with Crippen molar-refractivity contribution >= 4 is 35.1 Å². The second kappa shape index (κ2) is 10.2. The van der Waals surface area contributed by atoms with Crippen LogP contribution in [0.1, 0.15) is 31.8 Å². The van der Waals surface area contributed by atoms with Gasteiger partial charge in [0.15, 0.2) is 11.7 Å². The fourth-order valence-electron chi connectivity index (χ4n) is 2.44. The molecule has 0 aliphatic heterocycles. The third kappa shape index (κ3) is 6.28. The molecule has 0 aliphatic carbocycles. The molecule has 152 valence electrons. The second-order valence-corrected chi connectivity index (χ2v) is 6.45. The fourth-order valence-corrected chi connectivity index (χ4v) is 2.58. The number of aryl methyl sites for hydroxylation is 2. The normalized spacial score (nSPS) is 9.90. The van der Waals surface area contributed by atoms with Crippen molar-refractivity contribution in [1.29, 1.82) is 0 Å². The molecule has 0 aromatic heterocycles. The molecule has 0 radical (unpaired) electrons. The first-order valence-electron chi connectivity index (χ1n) is 8.59. The lowest BCUT2D eigenvalue weighted by Crippen LogP contribution is -2.49. The number of carbonyl (C=O) groups excluding carboxylic acids is 3. The van der Waals surface area contributed by atoms with Gasteiger partial charge in [0.25, 0.3) is 11.8 Å². The van der Waals surface area contributed by atoms with Crippen LogP contribution in [0.25, 0.3) is 0 Å². The lowest BCUT2D eigenvalue weighted by atomic mass is 10.1. The van der Waals surface area contributed by atoms with Gasteiger partial charge in [0.05, 0.1) is 12.7 Å². The van der Waals surface area contributed by atoms with Crippen molar-refractivity contribution in [2.24, 2.45) is 0 Å². The highest BCUT2D eigenvalue weighted by Crippen LogP contribution is 2.21. The molecule has 0 unspecified atom stereocenters. The highest BCUT2D eigenvalue weighted by Gasteiger charge is 2.12. The first kappa shape index (κ1) is 21.8. The van der Waals surface area contributed by atoms with Crippen LogP contribution in [0.3, 0.4) is 0 Å². The van der Waals surface area contributed by atoms with E-state index in [1.165, 1.54) is 25.3 Å². The molecule has 8 nitrogen and oxygen atoms in total. The maximum atomic E-state index is 12.2. The van der Waals surface area contributed by atoms with Crippen LogP contribution in [-0.4, -0.2) is 36.6 Å². The van der Waals surface area contributed by atoms with Gasteiger partial charge in [0.2, 0.25) is 0 Å². The lowest BCUT2D eigenvalue weighted by molar-refractivity contribution is -0.123. The summed E-state index contributed by atoms with van der Waals surface area (Å²) in [5.41, 5.74) is 7.05. The zero-order valence-electron chi connectivity index (χ0n) is 16.2. The van der Waals surface area contributed by atoms with Crippen LogP contribution in [0.4, 0.5) is 0 Å². The first-order chi connectivity index (χ1) is 13.8. The smallest absolute Gasteiger partial charge is 0.337 e. The topological polar surface area (TPSA) is 106 Å². The number of nitrogens with one attached hydrogen (secondary N) is 3. The van der Waals surface area contributed by atoms with Gasteiger partial charge in [0.1, 0.15) is 5.75 Å². The van der Waals surface area contributed by atoms with Crippen LogP contribution in [0, 0.1) is 13.8 Å². The number of ether oxygens (including phenoxy) is 2. The summed E-state index contributed by atoms with van der Waals surface area (Å²) in [7, 11) is 1.25. The van der Waals surface area contributed by atoms with Crippen LogP contribution in [0.2, 0.25) is 0 Å². The Kier molecular flexibility index (Phi) is 7.67. The zero-order valence-corrected chi connectivity index (χ0v) is 17.0. The molecule has 2 aromatic carbocycles. The molecule has 0 heterocycles. The van der Waals surface area contributed by atoms with E-state index in [0.29, 0.717) is 5.75 Å². The monoisotopic (exact) mass is 415 g/mol. The average molecular weight is 415 g/mol. The SMILES string of the molecule is COC(=O)c1cccc(C(=O)NC(=S)NNC(=O)COc2c(C)cccc2C)c1. The zero-order chi connectivity index (χ0) is 21.4. The molecule has 3 N–H and O–H groups in total. The fraction of sp³-hybridized carbons (Fsp3) is 0.200. The van der Waals surface area contributed by atoms with E-state index in [1.807, 2.05) is 32.0 Å². The third-order valence-corrected chi connectivity index (χ3v) is 4.05. The molecule has 0 saturated heterocycles. The Morgan fingerprint density at radius 3 is 2.24 bits per heavy atom. The average Bonchev–Trinajstić information content (AvgIpc) is 2.71. The van der Waals surface area contributed by atoms with Crippen molar-refractivity contribution in [3.05, 3.63) is 64.7 Å². The maximum absolute atomic E-state index is 12.2. The highest BCUT2D eigenvalue weighted by molar-refractivity contribution is 7.80. The summed E-state index contributed by atoms with van der Waals surface area (Å²) >= 11 is 4.98. The summed E-state index contributed by atoms with van der Waals surface area (Å²) in [6, 6.07) is 11.6. The Hall–Kier alpha value is -3.46. The first-order valence-corrected chi connectivity index (χ1v) is 9.00. The van der Waals surface area contributed by atoms with E-state index in [1.54, 1.807) is 6.07 Å². The molecule has 0 bridgehead atoms. The van der Waals surface area contributed by atoms with Crippen molar-refractivity contribution in [2.75, 3.05) is 13.7 Å². The van der Waals surface area contributed by atoms with E-state index >= 15 is 0 Å². The van der Waals surface area contributed by atoms with Gasteiger partial charge in [-0.25, -0.2) is 4.79 Å². The largest absolute Gasteiger partial charge is 0.483 e. The van der Waals surface area contributed by atoms with Crippen LogP contribution in [-0.2, 0) is 9.53 Å². The molecule has 0 fully saturated rings. The summed E-state index contributed by atoms with van der Waals surface area (Å²) in [6.45, 7) is 3.55. The number of hydrazine groups is 1. The molecule has 0 saturated carbocycles. The van der Waals surface area contributed by atoms with Crippen LogP contribution in [0.15, 0.2) is 42.5 Å². The number of esters is 1. The Labute approximate surface area is 173 Å². The van der Waals surface area contributed by atoms with Gasteiger partial charge in [-0.2, -0.15) is 0 Å². The van der Waals surface area contributed by atoms with E-state index < -0.39 is 17.8 Å². The van der Waals surface area contributed by atoms with Gasteiger partial charge in [-0.1, -0.05) is 24.3 Å². The number of amides is 2. The van der Waals surface area contributed by atoms with E-state index in [4.69, 9.17) is 17.0 Å². The van der Waals surface area contributed by atoms with E-state index in [9.17, 15) is 14.4 Å². The lowest BCUT2D eigenvalue weighted by Gasteiger charge is -2.13. The Morgan fingerprint density at radius 2 is 1.59 bits per heavy atom. The molecule has 29 heavy (non-hydrogen) atoms. The predicted molar refractivity (Wildman–Crippen MR) is 111 cm³/mol. The highest BCUT2D eigenvalue weighted by atomic mass is 32.1. The number of rotatable bonds is 5. The van der Waals surface area contributed by atoms with Gasteiger partial charge < -0.3 is 9.47 Å².